The molecule has 0 unspecified atom stereocenters. The second-order valence-corrected chi connectivity index (χ2v) is 4.23. The Labute approximate surface area is 76.0 Å². The van der Waals surface area contributed by atoms with Crippen LogP contribution in [0.1, 0.15) is 5.56 Å². The third-order valence-electron chi connectivity index (χ3n) is 1.56. The highest BCUT2D eigenvalue weighted by molar-refractivity contribution is 7.85. The first-order valence-corrected chi connectivity index (χ1v) is 5.28. The molecule has 0 radical (unpaired) electrons. The van der Waals surface area contributed by atoms with Crippen molar-refractivity contribution < 1.29 is 17.4 Å². The second-order valence-electron chi connectivity index (χ2n) is 2.66. The number of rotatable bonds is 3. The zero-order valence-corrected chi connectivity index (χ0v) is 7.59. The SMILES string of the molecule is O=S(=O)(O)CCc1ccc(F)cc1. The summed E-state index contributed by atoms with van der Waals surface area (Å²) >= 11 is 0. The number of halogens is 1. The van der Waals surface area contributed by atoms with E-state index in [1.54, 1.807) is 0 Å². The van der Waals surface area contributed by atoms with Gasteiger partial charge in [0, 0.05) is 0 Å². The molecule has 0 spiro atoms. The third kappa shape index (κ3) is 4.00. The van der Waals surface area contributed by atoms with E-state index in [4.69, 9.17) is 4.55 Å². The molecular weight excluding hydrogens is 195 g/mol. The lowest BCUT2D eigenvalue weighted by atomic mass is 10.2. The summed E-state index contributed by atoms with van der Waals surface area (Å²) in [7, 11) is -3.93. The van der Waals surface area contributed by atoms with Crippen LogP contribution < -0.4 is 0 Å². The Morgan fingerprint density at radius 3 is 2.23 bits per heavy atom. The Hall–Kier alpha value is -0.940. The number of aryl methyl sites for hydroxylation is 1. The second kappa shape index (κ2) is 3.85. The third-order valence-corrected chi connectivity index (χ3v) is 2.28. The molecule has 1 N–H and O–H groups in total. The maximum atomic E-state index is 12.4. The average molecular weight is 204 g/mol. The normalized spacial score (nSPS) is 11.5. The van der Waals surface area contributed by atoms with E-state index >= 15 is 0 Å². The van der Waals surface area contributed by atoms with Crippen LogP contribution in [0.2, 0.25) is 0 Å². The van der Waals surface area contributed by atoms with Gasteiger partial charge >= 0.3 is 0 Å². The predicted molar refractivity (Wildman–Crippen MR) is 46.5 cm³/mol. The van der Waals surface area contributed by atoms with E-state index < -0.39 is 10.1 Å². The minimum Gasteiger partial charge on any atom is -0.286 e. The average Bonchev–Trinajstić information content (AvgIpc) is 2.02. The molecule has 0 amide bonds. The molecule has 0 heterocycles. The molecule has 72 valence electrons. The molecule has 5 heteroatoms. The van der Waals surface area contributed by atoms with Crippen LogP contribution in [-0.2, 0) is 16.5 Å². The lowest BCUT2D eigenvalue weighted by molar-refractivity contribution is 0.482. The Morgan fingerprint density at radius 1 is 1.23 bits per heavy atom. The van der Waals surface area contributed by atoms with Gasteiger partial charge in [0.1, 0.15) is 5.82 Å². The van der Waals surface area contributed by atoms with Crippen molar-refractivity contribution in [2.45, 2.75) is 6.42 Å². The van der Waals surface area contributed by atoms with Crippen LogP contribution in [0, 0.1) is 5.82 Å². The van der Waals surface area contributed by atoms with Crippen molar-refractivity contribution in [1.82, 2.24) is 0 Å². The molecule has 3 nitrogen and oxygen atoms in total. The van der Waals surface area contributed by atoms with Crippen molar-refractivity contribution in [1.29, 1.82) is 0 Å². The Kier molecular flexibility index (Phi) is 3.00. The maximum absolute atomic E-state index is 12.4. The first-order chi connectivity index (χ1) is 5.97. The lowest BCUT2D eigenvalue weighted by Crippen LogP contribution is -2.06. The number of hydrogen-bond acceptors (Lipinski definition) is 2. The molecule has 1 aromatic rings. The van der Waals surface area contributed by atoms with E-state index in [1.807, 2.05) is 0 Å². The molecule has 0 aliphatic heterocycles. The van der Waals surface area contributed by atoms with E-state index in [-0.39, 0.29) is 18.0 Å². The van der Waals surface area contributed by atoms with Gasteiger partial charge in [0.25, 0.3) is 10.1 Å². The predicted octanol–water partition coefficient (Wildman–Crippen LogP) is 1.26. The lowest BCUT2D eigenvalue weighted by Gasteiger charge is -1.98. The monoisotopic (exact) mass is 204 g/mol. The quantitative estimate of drug-likeness (QED) is 0.754. The molecule has 0 saturated carbocycles. The first-order valence-electron chi connectivity index (χ1n) is 3.67. The van der Waals surface area contributed by atoms with Crippen molar-refractivity contribution in [2.75, 3.05) is 5.75 Å². The Morgan fingerprint density at radius 2 is 1.77 bits per heavy atom. The Bertz CT molecular complexity index is 369. The summed E-state index contributed by atoms with van der Waals surface area (Å²) in [5, 5.41) is 0. The minimum absolute atomic E-state index is 0.194. The van der Waals surface area contributed by atoms with Crippen molar-refractivity contribution in [3.63, 3.8) is 0 Å². The fourth-order valence-electron chi connectivity index (χ4n) is 0.898. The van der Waals surface area contributed by atoms with E-state index in [0.29, 0.717) is 5.56 Å². The van der Waals surface area contributed by atoms with Crippen LogP contribution in [0.25, 0.3) is 0 Å². The van der Waals surface area contributed by atoms with Crippen LogP contribution in [-0.4, -0.2) is 18.7 Å². The molecule has 0 bridgehead atoms. The van der Waals surface area contributed by atoms with Gasteiger partial charge in [-0.3, -0.25) is 4.55 Å². The van der Waals surface area contributed by atoms with Gasteiger partial charge in [-0.1, -0.05) is 12.1 Å². The van der Waals surface area contributed by atoms with Gasteiger partial charge in [-0.05, 0) is 24.1 Å². The van der Waals surface area contributed by atoms with Crippen LogP contribution in [0.3, 0.4) is 0 Å². The summed E-state index contributed by atoms with van der Waals surface area (Å²) in [5.41, 5.74) is 0.680. The molecule has 0 fully saturated rings. The van der Waals surface area contributed by atoms with E-state index in [9.17, 15) is 12.8 Å². The topological polar surface area (TPSA) is 54.4 Å². The molecule has 0 aromatic heterocycles. The summed E-state index contributed by atoms with van der Waals surface area (Å²) < 4.78 is 41.5. The van der Waals surface area contributed by atoms with Gasteiger partial charge < -0.3 is 0 Å². The van der Waals surface area contributed by atoms with Crippen molar-refractivity contribution >= 4 is 10.1 Å². The zero-order chi connectivity index (χ0) is 9.90. The number of hydrogen-bond donors (Lipinski definition) is 1. The highest BCUT2D eigenvalue weighted by Gasteiger charge is 2.04. The molecule has 0 aliphatic carbocycles. The first kappa shape index (κ1) is 10.1. The molecule has 0 atom stereocenters. The standard InChI is InChI=1S/C8H9FO3S/c9-8-3-1-7(2-4-8)5-6-13(10,11)12/h1-4H,5-6H2,(H,10,11,12). The van der Waals surface area contributed by atoms with Crippen LogP contribution in [0.5, 0.6) is 0 Å². The minimum atomic E-state index is -3.93. The molecule has 0 saturated heterocycles. The van der Waals surface area contributed by atoms with Gasteiger partial charge in [-0.25, -0.2) is 4.39 Å². The summed E-state index contributed by atoms with van der Waals surface area (Å²) in [5.74, 6) is -0.700. The number of benzene rings is 1. The van der Waals surface area contributed by atoms with Gasteiger partial charge in [-0.2, -0.15) is 8.42 Å². The molecule has 13 heavy (non-hydrogen) atoms. The molecule has 1 rings (SSSR count). The van der Waals surface area contributed by atoms with Crippen LogP contribution >= 0.6 is 0 Å². The highest BCUT2D eigenvalue weighted by atomic mass is 32.2. The largest absolute Gasteiger partial charge is 0.286 e. The van der Waals surface area contributed by atoms with Crippen molar-refractivity contribution in [3.8, 4) is 0 Å². The van der Waals surface area contributed by atoms with Crippen molar-refractivity contribution in [2.24, 2.45) is 0 Å². The fourth-order valence-corrected chi connectivity index (χ4v) is 1.39. The highest BCUT2D eigenvalue weighted by Crippen LogP contribution is 2.04. The van der Waals surface area contributed by atoms with Gasteiger partial charge in [-0.15, -0.1) is 0 Å². The maximum Gasteiger partial charge on any atom is 0.265 e. The summed E-state index contributed by atoms with van der Waals surface area (Å²) in [6.45, 7) is 0. The fraction of sp³-hybridized carbons (Fsp3) is 0.250. The smallest absolute Gasteiger partial charge is 0.265 e. The molecule has 1 aromatic carbocycles. The van der Waals surface area contributed by atoms with Crippen LogP contribution in [0.15, 0.2) is 24.3 Å². The van der Waals surface area contributed by atoms with Gasteiger partial charge in [0.05, 0.1) is 5.75 Å². The summed E-state index contributed by atoms with van der Waals surface area (Å²) in [4.78, 5) is 0. The molecule has 0 aliphatic rings. The van der Waals surface area contributed by atoms with E-state index in [2.05, 4.69) is 0 Å². The Balaban J connectivity index is 2.61. The van der Waals surface area contributed by atoms with Crippen molar-refractivity contribution in [3.05, 3.63) is 35.6 Å². The van der Waals surface area contributed by atoms with Gasteiger partial charge in [0.15, 0.2) is 0 Å². The van der Waals surface area contributed by atoms with Gasteiger partial charge in [0.2, 0.25) is 0 Å². The molecular formula is C8H9FO3S. The zero-order valence-electron chi connectivity index (χ0n) is 6.77. The summed E-state index contributed by atoms with van der Waals surface area (Å²) in [6.07, 6.45) is 0.194. The van der Waals surface area contributed by atoms with E-state index in [0.717, 1.165) is 0 Å². The van der Waals surface area contributed by atoms with E-state index in [1.165, 1.54) is 24.3 Å². The van der Waals surface area contributed by atoms with Crippen LogP contribution in [0.4, 0.5) is 4.39 Å². The summed E-state index contributed by atoms with van der Waals surface area (Å²) in [6, 6.07) is 5.47.